The maximum Gasteiger partial charge on any atom is 0.227 e. The molecule has 4 heteroatoms. The number of aryl methyl sites for hydroxylation is 1. The van der Waals surface area contributed by atoms with Crippen LogP contribution in [0.5, 0.6) is 0 Å². The van der Waals surface area contributed by atoms with Gasteiger partial charge in [-0.1, -0.05) is 30.5 Å². The van der Waals surface area contributed by atoms with Crippen molar-refractivity contribution in [1.82, 2.24) is 4.90 Å². The smallest absolute Gasteiger partial charge is 0.227 e. The number of amides is 1. The van der Waals surface area contributed by atoms with E-state index in [-0.39, 0.29) is 24.2 Å². The molecule has 21 heavy (non-hydrogen) atoms. The lowest BCUT2D eigenvalue weighted by molar-refractivity contribution is -0.135. The molecule has 0 spiro atoms. The van der Waals surface area contributed by atoms with Crippen molar-refractivity contribution in [2.45, 2.75) is 39.0 Å². The van der Waals surface area contributed by atoms with Gasteiger partial charge in [0.15, 0.2) is 0 Å². The second-order valence-corrected chi connectivity index (χ2v) is 5.97. The maximum atomic E-state index is 13.9. The zero-order chi connectivity index (χ0) is 15.2. The fourth-order valence-electron chi connectivity index (χ4n) is 2.95. The second kappa shape index (κ2) is 7.55. The first-order chi connectivity index (χ1) is 10.1. The molecule has 0 aromatic heterocycles. The maximum absolute atomic E-state index is 13.9. The Kier molecular flexibility index (Phi) is 5.74. The van der Waals surface area contributed by atoms with Crippen LogP contribution in [-0.4, -0.2) is 30.4 Å². The van der Waals surface area contributed by atoms with Crippen molar-refractivity contribution in [1.29, 1.82) is 0 Å². The zero-order valence-electron chi connectivity index (χ0n) is 12.8. The van der Waals surface area contributed by atoms with Gasteiger partial charge in [0.1, 0.15) is 5.82 Å². The quantitative estimate of drug-likeness (QED) is 0.927. The molecular formula is C17H25FN2O. The van der Waals surface area contributed by atoms with Gasteiger partial charge in [-0.25, -0.2) is 4.39 Å². The largest absolute Gasteiger partial charge is 0.342 e. The van der Waals surface area contributed by atoms with E-state index in [0.29, 0.717) is 12.0 Å². The van der Waals surface area contributed by atoms with Crippen molar-refractivity contribution in [3.63, 3.8) is 0 Å². The molecule has 1 saturated heterocycles. The molecule has 0 radical (unpaired) electrons. The highest BCUT2D eigenvalue weighted by Gasteiger charge is 2.25. The van der Waals surface area contributed by atoms with Crippen LogP contribution >= 0.6 is 0 Å². The summed E-state index contributed by atoms with van der Waals surface area (Å²) >= 11 is 0. The number of carbonyl (C=O) groups excluding carboxylic acids is 1. The van der Waals surface area contributed by atoms with E-state index in [2.05, 4.69) is 0 Å². The van der Waals surface area contributed by atoms with Gasteiger partial charge in [-0.2, -0.15) is 0 Å². The van der Waals surface area contributed by atoms with Crippen molar-refractivity contribution < 1.29 is 9.18 Å². The van der Waals surface area contributed by atoms with Gasteiger partial charge >= 0.3 is 0 Å². The lowest BCUT2D eigenvalue weighted by Gasteiger charge is -2.25. The fraction of sp³-hybridized carbons (Fsp3) is 0.588. The van der Waals surface area contributed by atoms with Crippen LogP contribution < -0.4 is 5.73 Å². The van der Waals surface area contributed by atoms with Crippen LogP contribution in [0.2, 0.25) is 0 Å². The number of nitrogens with two attached hydrogens (primary N) is 1. The second-order valence-electron chi connectivity index (χ2n) is 5.97. The molecule has 1 amide bonds. The van der Waals surface area contributed by atoms with Crippen LogP contribution in [0, 0.1) is 18.7 Å². The minimum atomic E-state index is -0.320. The van der Waals surface area contributed by atoms with E-state index in [1.165, 1.54) is 18.9 Å². The van der Waals surface area contributed by atoms with Gasteiger partial charge in [0, 0.05) is 19.6 Å². The number of benzene rings is 1. The van der Waals surface area contributed by atoms with E-state index in [4.69, 9.17) is 5.73 Å². The highest BCUT2D eigenvalue weighted by Crippen LogP contribution is 2.18. The predicted octanol–water partition coefficient (Wildman–Crippen LogP) is 2.65. The number of hydrogen-bond acceptors (Lipinski definition) is 2. The highest BCUT2D eigenvalue weighted by molar-refractivity contribution is 5.79. The number of likely N-dealkylation sites (tertiary alicyclic amines) is 1. The average molecular weight is 292 g/mol. The zero-order valence-corrected chi connectivity index (χ0v) is 12.8. The summed E-state index contributed by atoms with van der Waals surface area (Å²) in [5.74, 6) is -0.484. The Hall–Kier alpha value is -1.42. The van der Waals surface area contributed by atoms with Crippen molar-refractivity contribution >= 4 is 5.91 Å². The molecule has 0 bridgehead atoms. The molecular weight excluding hydrogens is 267 g/mol. The molecule has 2 rings (SSSR count). The average Bonchev–Trinajstić information content (AvgIpc) is 2.76. The first-order valence-corrected chi connectivity index (χ1v) is 7.85. The Morgan fingerprint density at radius 2 is 1.95 bits per heavy atom. The summed E-state index contributed by atoms with van der Waals surface area (Å²) < 4.78 is 13.9. The number of hydrogen-bond donors (Lipinski definition) is 1. The van der Waals surface area contributed by atoms with Crippen LogP contribution in [0.15, 0.2) is 18.2 Å². The van der Waals surface area contributed by atoms with Gasteiger partial charge in [-0.3, -0.25) is 4.79 Å². The molecule has 1 fully saturated rings. The molecule has 116 valence electrons. The predicted molar refractivity (Wildman–Crippen MR) is 82.4 cm³/mol. The van der Waals surface area contributed by atoms with Crippen LogP contribution in [0.1, 0.15) is 36.8 Å². The normalized spacial score (nSPS) is 17.4. The van der Waals surface area contributed by atoms with Crippen LogP contribution in [0.4, 0.5) is 4.39 Å². The first-order valence-electron chi connectivity index (χ1n) is 7.85. The van der Waals surface area contributed by atoms with E-state index in [0.717, 1.165) is 31.5 Å². The van der Waals surface area contributed by atoms with E-state index < -0.39 is 0 Å². The molecule has 2 N–H and O–H groups in total. The Morgan fingerprint density at radius 3 is 2.57 bits per heavy atom. The summed E-state index contributed by atoms with van der Waals surface area (Å²) in [6.45, 7) is 3.82. The van der Waals surface area contributed by atoms with Gasteiger partial charge in [0.05, 0.1) is 5.92 Å². The molecule has 1 atom stereocenters. The van der Waals surface area contributed by atoms with E-state index >= 15 is 0 Å². The van der Waals surface area contributed by atoms with E-state index in [1.54, 1.807) is 6.07 Å². The van der Waals surface area contributed by atoms with Crippen molar-refractivity contribution in [3.05, 3.63) is 35.1 Å². The van der Waals surface area contributed by atoms with Gasteiger partial charge in [0.2, 0.25) is 5.91 Å². The standard InChI is InChI=1S/C17H25FN2O/c1-13-6-7-16(18)14(10-13)11-15(12-19)17(21)20-8-4-2-3-5-9-20/h6-7,10,15H,2-5,8-9,11-12,19H2,1H3. The van der Waals surface area contributed by atoms with Crippen molar-refractivity contribution in [2.75, 3.05) is 19.6 Å². The van der Waals surface area contributed by atoms with Gasteiger partial charge in [-0.15, -0.1) is 0 Å². The lowest BCUT2D eigenvalue weighted by Crippen LogP contribution is -2.40. The minimum absolute atomic E-state index is 0.0836. The Labute approximate surface area is 126 Å². The molecule has 1 aromatic rings. The van der Waals surface area contributed by atoms with Crippen LogP contribution in [0.25, 0.3) is 0 Å². The number of rotatable bonds is 4. The van der Waals surface area contributed by atoms with Crippen molar-refractivity contribution in [2.24, 2.45) is 11.7 Å². The van der Waals surface area contributed by atoms with Gasteiger partial charge in [-0.05, 0) is 37.8 Å². The molecule has 0 aliphatic carbocycles. The Balaban J connectivity index is 2.07. The van der Waals surface area contributed by atoms with Gasteiger partial charge < -0.3 is 10.6 Å². The Morgan fingerprint density at radius 1 is 1.29 bits per heavy atom. The summed E-state index contributed by atoms with van der Waals surface area (Å²) in [6.07, 6.45) is 4.87. The van der Waals surface area contributed by atoms with Crippen molar-refractivity contribution in [3.8, 4) is 0 Å². The topological polar surface area (TPSA) is 46.3 Å². The summed E-state index contributed by atoms with van der Waals surface area (Å²) in [7, 11) is 0. The number of nitrogens with zero attached hydrogens (tertiary/aromatic N) is 1. The van der Waals surface area contributed by atoms with Crippen LogP contribution in [0.3, 0.4) is 0 Å². The fourth-order valence-corrected chi connectivity index (χ4v) is 2.95. The third-order valence-electron chi connectivity index (χ3n) is 4.22. The molecule has 1 heterocycles. The molecule has 1 unspecified atom stereocenters. The monoisotopic (exact) mass is 292 g/mol. The third kappa shape index (κ3) is 4.27. The number of carbonyl (C=O) groups is 1. The molecule has 1 aromatic carbocycles. The van der Waals surface area contributed by atoms with E-state index in [1.807, 2.05) is 17.9 Å². The minimum Gasteiger partial charge on any atom is -0.342 e. The Bertz CT molecular complexity index is 482. The van der Waals surface area contributed by atoms with Crippen LogP contribution in [-0.2, 0) is 11.2 Å². The summed E-state index contributed by atoms with van der Waals surface area (Å²) in [6, 6.07) is 5.02. The summed E-state index contributed by atoms with van der Waals surface area (Å²) in [4.78, 5) is 14.5. The summed E-state index contributed by atoms with van der Waals surface area (Å²) in [5.41, 5.74) is 7.38. The lowest BCUT2D eigenvalue weighted by atomic mass is 9.96. The molecule has 1 aliphatic rings. The number of halogens is 1. The first kappa shape index (κ1) is 16.0. The summed E-state index contributed by atoms with van der Waals surface area (Å²) in [5, 5.41) is 0. The molecule has 3 nitrogen and oxygen atoms in total. The highest BCUT2D eigenvalue weighted by atomic mass is 19.1. The SMILES string of the molecule is Cc1ccc(F)c(CC(CN)C(=O)N2CCCCCC2)c1. The van der Waals surface area contributed by atoms with E-state index in [9.17, 15) is 9.18 Å². The molecule has 0 saturated carbocycles. The van der Waals surface area contributed by atoms with Gasteiger partial charge in [0.25, 0.3) is 0 Å². The molecule has 1 aliphatic heterocycles. The third-order valence-corrected chi connectivity index (χ3v) is 4.22.